The summed E-state index contributed by atoms with van der Waals surface area (Å²) in [5.74, 6) is -3.28. The number of nitrogens with two attached hydrogens (primary N) is 2. The van der Waals surface area contributed by atoms with Gasteiger partial charge in [-0.1, -0.05) is 0 Å². The number of hydrogen-bond donors (Lipinski definition) is 7. The molecule has 166 valence electrons. The fraction of sp³-hybridized carbons (Fsp3) is 0.529. The van der Waals surface area contributed by atoms with Crippen LogP contribution < -0.4 is 32.7 Å². The average Bonchev–Trinajstić information content (AvgIpc) is 3.19. The SMILES string of the molecule is C[C@H](N)C(=O)NCC(=O)N[C@@H](CCC(N)=O)C(=O)NC(=O)CNCCc1cnc[nH]1. The highest BCUT2D eigenvalue weighted by Gasteiger charge is 2.23. The van der Waals surface area contributed by atoms with Gasteiger partial charge in [-0.15, -0.1) is 0 Å². The highest BCUT2D eigenvalue weighted by Crippen LogP contribution is 1.98. The second-order valence-corrected chi connectivity index (χ2v) is 6.55. The highest BCUT2D eigenvalue weighted by atomic mass is 16.2. The number of nitrogens with zero attached hydrogens (tertiary/aromatic N) is 1. The van der Waals surface area contributed by atoms with Crippen LogP contribution in [-0.2, 0) is 30.4 Å². The Morgan fingerprint density at radius 1 is 1.13 bits per heavy atom. The van der Waals surface area contributed by atoms with Crippen molar-refractivity contribution < 1.29 is 24.0 Å². The molecule has 0 aromatic carbocycles. The molecule has 0 saturated carbocycles. The van der Waals surface area contributed by atoms with Gasteiger partial charge in [-0.3, -0.25) is 29.3 Å². The summed E-state index contributed by atoms with van der Waals surface area (Å²) in [5, 5.41) is 9.67. The van der Waals surface area contributed by atoms with E-state index in [-0.39, 0.29) is 19.4 Å². The zero-order chi connectivity index (χ0) is 22.5. The molecule has 0 aliphatic carbocycles. The molecule has 0 aliphatic rings. The van der Waals surface area contributed by atoms with E-state index in [1.165, 1.54) is 6.92 Å². The van der Waals surface area contributed by atoms with E-state index in [2.05, 4.69) is 31.2 Å². The van der Waals surface area contributed by atoms with E-state index in [0.717, 1.165) is 5.69 Å². The summed E-state index contributed by atoms with van der Waals surface area (Å²) >= 11 is 0. The van der Waals surface area contributed by atoms with Crippen LogP contribution in [-0.4, -0.2) is 71.2 Å². The Morgan fingerprint density at radius 3 is 2.47 bits per heavy atom. The van der Waals surface area contributed by atoms with Gasteiger partial charge in [0.05, 0.1) is 25.5 Å². The zero-order valence-electron chi connectivity index (χ0n) is 16.7. The van der Waals surface area contributed by atoms with Crippen molar-refractivity contribution in [1.82, 2.24) is 31.2 Å². The number of imidazole rings is 1. The van der Waals surface area contributed by atoms with E-state index in [0.29, 0.717) is 13.0 Å². The Bertz CT molecular complexity index is 735. The first-order valence-corrected chi connectivity index (χ1v) is 9.31. The van der Waals surface area contributed by atoms with Gasteiger partial charge in [0.1, 0.15) is 6.04 Å². The Balaban J connectivity index is 2.47. The van der Waals surface area contributed by atoms with E-state index >= 15 is 0 Å². The fourth-order valence-electron chi connectivity index (χ4n) is 2.24. The second kappa shape index (κ2) is 13.0. The lowest BCUT2D eigenvalue weighted by Crippen LogP contribution is -2.52. The first kappa shape index (κ1) is 24.7. The third-order valence-corrected chi connectivity index (χ3v) is 3.84. The lowest BCUT2D eigenvalue weighted by Gasteiger charge is -2.18. The molecule has 1 aromatic rings. The lowest BCUT2D eigenvalue weighted by molar-refractivity contribution is -0.134. The van der Waals surface area contributed by atoms with Crippen molar-refractivity contribution in [1.29, 1.82) is 0 Å². The van der Waals surface area contributed by atoms with Crippen molar-refractivity contribution in [2.45, 2.75) is 38.3 Å². The Labute approximate surface area is 173 Å². The standard InChI is InChI=1S/C17H28N8O5/c1-10(18)16(29)22-8-15(28)24-12(2-3-13(19)26)17(30)25-14(27)7-20-5-4-11-6-21-9-23-11/h6,9-10,12,20H,2-5,7-8,18H2,1H3,(H2,19,26)(H,21,23)(H,22,29)(H,24,28)(H,25,27,30)/t10-,12-/m0/s1. The number of carbonyl (C=O) groups excluding carboxylic acids is 5. The summed E-state index contributed by atoms with van der Waals surface area (Å²) in [6.45, 7) is 1.39. The van der Waals surface area contributed by atoms with Crippen molar-refractivity contribution in [2.75, 3.05) is 19.6 Å². The zero-order valence-corrected chi connectivity index (χ0v) is 16.7. The molecule has 0 spiro atoms. The van der Waals surface area contributed by atoms with Gasteiger partial charge in [-0.05, 0) is 13.3 Å². The molecular weight excluding hydrogens is 396 g/mol. The molecule has 0 aliphatic heterocycles. The van der Waals surface area contributed by atoms with Gasteiger partial charge in [0.15, 0.2) is 0 Å². The number of hydrogen-bond acceptors (Lipinski definition) is 8. The van der Waals surface area contributed by atoms with Crippen LogP contribution >= 0.6 is 0 Å². The van der Waals surface area contributed by atoms with Crippen LogP contribution in [0.25, 0.3) is 0 Å². The van der Waals surface area contributed by atoms with Crippen LogP contribution in [0.5, 0.6) is 0 Å². The molecule has 0 fully saturated rings. The molecule has 30 heavy (non-hydrogen) atoms. The first-order valence-electron chi connectivity index (χ1n) is 9.31. The second-order valence-electron chi connectivity index (χ2n) is 6.55. The minimum absolute atomic E-state index is 0.103. The van der Waals surface area contributed by atoms with Crippen LogP contribution in [0.3, 0.4) is 0 Å². The maximum Gasteiger partial charge on any atom is 0.249 e. The first-order chi connectivity index (χ1) is 14.2. The largest absolute Gasteiger partial charge is 0.370 e. The van der Waals surface area contributed by atoms with Crippen molar-refractivity contribution in [3.63, 3.8) is 0 Å². The van der Waals surface area contributed by atoms with E-state index in [1.54, 1.807) is 12.5 Å². The normalized spacial score (nSPS) is 12.5. The molecule has 1 rings (SSSR count). The Hall–Kier alpha value is -3.32. The van der Waals surface area contributed by atoms with Crippen LogP contribution in [0.1, 0.15) is 25.5 Å². The van der Waals surface area contributed by atoms with Crippen molar-refractivity contribution in [3.8, 4) is 0 Å². The maximum atomic E-state index is 12.3. The third-order valence-electron chi connectivity index (χ3n) is 3.84. The number of imide groups is 1. The monoisotopic (exact) mass is 424 g/mol. The number of aromatic amines is 1. The highest BCUT2D eigenvalue weighted by molar-refractivity contribution is 6.00. The van der Waals surface area contributed by atoms with Gasteiger partial charge in [0, 0.05) is 31.3 Å². The molecule has 1 aromatic heterocycles. The van der Waals surface area contributed by atoms with Crippen LogP contribution in [0.4, 0.5) is 0 Å². The Morgan fingerprint density at radius 2 is 1.87 bits per heavy atom. The van der Waals surface area contributed by atoms with Crippen molar-refractivity contribution >= 4 is 29.5 Å². The summed E-state index contributed by atoms with van der Waals surface area (Å²) < 4.78 is 0. The minimum Gasteiger partial charge on any atom is -0.370 e. The van der Waals surface area contributed by atoms with Gasteiger partial charge in [0.25, 0.3) is 0 Å². The third kappa shape index (κ3) is 10.3. The summed E-state index contributed by atoms with van der Waals surface area (Å²) in [7, 11) is 0. The number of nitrogens with one attached hydrogen (secondary N) is 5. The van der Waals surface area contributed by atoms with E-state index in [4.69, 9.17) is 11.5 Å². The predicted molar refractivity (Wildman–Crippen MR) is 105 cm³/mol. The smallest absolute Gasteiger partial charge is 0.249 e. The number of carbonyl (C=O) groups is 5. The van der Waals surface area contributed by atoms with Gasteiger partial charge in [0.2, 0.25) is 29.5 Å². The van der Waals surface area contributed by atoms with E-state index in [1.807, 2.05) is 0 Å². The molecule has 13 nitrogen and oxygen atoms in total. The molecule has 0 unspecified atom stereocenters. The van der Waals surface area contributed by atoms with Crippen molar-refractivity contribution in [2.24, 2.45) is 11.5 Å². The maximum absolute atomic E-state index is 12.3. The number of primary amides is 1. The fourth-order valence-corrected chi connectivity index (χ4v) is 2.24. The molecule has 0 radical (unpaired) electrons. The van der Waals surface area contributed by atoms with Gasteiger partial charge in [-0.2, -0.15) is 0 Å². The van der Waals surface area contributed by atoms with Crippen LogP contribution in [0.2, 0.25) is 0 Å². The molecular formula is C17H28N8O5. The number of rotatable bonds is 13. The average molecular weight is 424 g/mol. The molecule has 1 heterocycles. The van der Waals surface area contributed by atoms with Crippen LogP contribution in [0.15, 0.2) is 12.5 Å². The number of aromatic nitrogens is 2. The molecule has 0 bridgehead atoms. The number of amides is 5. The van der Waals surface area contributed by atoms with Crippen molar-refractivity contribution in [3.05, 3.63) is 18.2 Å². The predicted octanol–water partition coefficient (Wildman–Crippen LogP) is -3.60. The van der Waals surface area contributed by atoms with Gasteiger partial charge in [-0.25, -0.2) is 4.98 Å². The molecule has 9 N–H and O–H groups in total. The number of H-pyrrole nitrogens is 1. The van der Waals surface area contributed by atoms with E-state index < -0.39 is 48.2 Å². The quantitative estimate of drug-likeness (QED) is 0.157. The molecule has 0 saturated heterocycles. The molecule has 5 amide bonds. The molecule has 2 atom stereocenters. The molecule has 13 heteroatoms. The van der Waals surface area contributed by atoms with E-state index in [9.17, 15) is 24.0 Å². The Kier molecular flexibility index (Phi) is 10.7. The summed E-state index contributed by atoms with van der Waals surface area (Å²) in [4.78, 5) is 65.5. The van der Waals surface area contributed by atoms with Gasteiger partial charge >= 0.3 is 0 Å². The lowest BCUT2D eigenvalue weighted by atomic mass is 10.1. The van der Waals surface area contributed by atoms with Crippen LogP contribution in [0, 0.1) is 0 Å². The summed E-state index contributed by atoms with van der Waals surface area (Å²) in [6.07, 6.45) is 3.54. The summed E-state index contributed by atoms with van der Waals surface area (Å²) in [5.41, 5.74) is 11.4. The summed E-state index contributed by atoms with van der Waals surface area (Å²) in [6, 6.07) is -1.98. The minimum atomic E-state index is -1.17. The topological polar surface area (TPSA) is 214 Å². The van der Waals surface area contributed by atoms with Gasteiger partial charge < -0.3 is 32.4 Å².